The largest absolute Gasteiger partial charge is 0.379 e. The van der Waals surface area contributed by atoms with Crippen molar-refractivity contribution in [3.8, 4) is 5.69 Å². The topological polar surface area (TPSA) is 64.2 Å². The molecule has 0 bridgehead atoms. The van der Waals surface area contributed by atoms with Crippen LogP contribution in [0.15, 0.2) is 59.1 Å². The highest BCUT2D eigenvalue weighted by molar-refractivity contribution is 7.15. The first-order chi connectivity index (χ1) is 11.7. The Bertz CT molecular complexity index is 1050. The Morgan fingerprint density at radius 2 is 2.17 bits per heavy atom. The van der Waals surface area contributed by atoms with Crippen LogP contribution < -0.4 is 10.9 Å². The molecule has 0 spiro atoms. The SMILES string of the molecule is O=c1cc(CNc2ccc(-n3cccn3)c(Cl)c2)nc2sccn12. The van der Waals surface area contributed by atoms with E-state index in [0.717, 1.165) is 11.4 Å². The van der Waals surface area contributed by atoms with Gasteiger partial charge in [0.05, 0.1) is 22.9 Å². The van der Waals surface area contributed by atoms with Crippen LogP contribution in [0.25, 0.3) is 10.6 Å². The maximum Gasteiger partial charge on any atom is 0.258 e. The van der Waals surface area contributed by atoms with E-state index in [9.17, 15) is 4.79 Å². The summed E-state index contributed by atoms with van der Waals surface area (Å²) in [5.41, 5.74) is 2.27. The molecule has 0 unspecified atom stereocenters. The third kappa shape index (κ3) is 2.79. The van der Waals surface area contributed by atoms with E-state index < -0.39 is 0 Å². The van der Waals surface area contributed by atoms with Gasteiger partial charge >= 0.3 is 0 Å². The third-order valence-electron chi connectivity index (χ3n) is 3.53. The van der Waals surface area contributed by atoms with E-state index in [2.05, 4.69) is 15.4 Å². The number of hydrogen-bond donors (Lipinski definition) is 1. The number of benzene rings is 1. The molecule has 6 nitrogen and oxygen atoms in total. The minimum absolute atomic E-state index is 0.0786. The fourth-order valence-electron chi connectivity index (χ4n) is 2.38. The van der Waals surface area contributed by atoms with Crippen molar-refractivity contribution in [1.82, 2.24) is 19.2 Å². The molecule has 0 atom stereocenters. The molecule has 3 aromatic heterocycles. The Kier molecular flexibility index (Phi) is 3.79. The standard InChI is InChI=1S/C16H12ClN5OS/c17-13-8-11(2-3-14(13)22-5-1-4-19-22)18-10-12-9-15(23)21-6-7-24-16(21)20-12/h1-9,18H,10H2. The van der Waals surface area contributed by atoms with Crippen LogP contribution in [-0.4, -0.2) is 19.2 Å². The first-order valence-electron chi connectivity index (χ1n) is 7.20. The summed E-state index contributed by atoms with van der Waals surface area (Å²) in [6.45, 7) is 0.446. The van der Waals surface area contributed by atoms with E-state index in [4.69, 9.17) is 11.6 Å². The fourth-order valence-corrected chi connectivity index (χ4v) is 3.39. The van der Waals surface area contributed by atoms with Gasteiger partial charge in [-0.1, -0.05) is 11.6 Å². The van der Waals surface area contributed by atoms with Crippen LogP contribution in [0.4, 0.5) is 5.69 Å². The highest BCUT2D eigenvalue weighted by Crippen LogP contribution is 2.24. The zero-order valence-electron chi connectivity index (χ0n) is 12.4. The molecular weight excluding hydrogens is 346 g/mol. The van der Waals surface area contributed by atoms with Gasteiger partial charge in [0.2, 0.25) is 0 Å². The average Bonchev–Trinajstić information content (AvgIpc) is 3.24. The van der Waals surface area contributed by atoms with Crippen molar-refractivity contribution in [1.29, 1.82) is 0 Å². The van der Waals surface area contributed by atoms with Gasteiger partial charge in [-0.2, -0.15) is 5.10 Å². The minimum Gasteiger partial charge on any atom is -0.379 e. The van der Waals surface area contributed by atoms with Gasteiger partial charge in [0, 0.05) is 35.7 Å². The van der Waals surface area contributed by atoms with Crippen molar-refractivity contribution in [3.63, 3.8) is 0 Å². The van der Waals surface area contributed by atoms with Gasteiger partial charge in [0.15, 0.2) is 4.96 Å². The van der Waals surface area contributed by atoms with E-state index in [-0.39, 0.29) is 5.56 Å². The summed E-state index contributed by atoms with van der Waals surface area (Å²) in [7, 11) is 0. The summed E-state index contributed by atoms with van der Waals surface area (Å²) in [4.78, 5) is 17.1. The number of thiazole rings is 1. The van der Waals surface area contributed by atoms with Crippen molar-refractivity contribution >= 4 is 33.6 Å². The predicted molar refractivity (Wildman–Crippen MR) is 95.2 cm³/mol. The van der Waals surface area contributed by atoms with Crippen LogP contribution in [-0.2, 0) is 6.54 Å². The number of nitrogens with zero attached hydrogens (tertiary/aromatic N) is 4. The Morgan fingerprint density at radius 3 is 2.96 bits per heavy atom. The average molecular weight is 358 g/mol. The van der Waals surface area contributed by atoms with Gasteiger partial charge in [-0.05, 0) is 24.3 Å². The van der Waals surface area contributed by atoms with Gasteiger partial charge in [-0.25, -0.2) is 9.67 Å². The lowest BCUT2D eigenvalue weighted by Crippen LogP contribution is -2.14. The van der Waals surface area contributed by atoms with Crippen LogP contribution >= 0.6 is 22.9 Å². The second-order valence-electron chi connectivity index (χ2n) is 5.11. The van der Waals surface area contributed by atoms with Crippen molar-refractivity contribution < 1.29 is 0 Å². The van der Waals surface area contributed by atoms with Gasteiger partial charge in [-0.3, -0.25) is 9.20 Å². The maximum absolute atomic E-state index is 12.0. The van der Waals surface area contributed by atoms with E-state index in [1.165, 1.54) is 21.8 Å². The number of hydrogen-bond acceptors (Lipinski definition) is 5. The van der Waals surface area contributed by atoms with Crippen molar-refractivity contribution in [2.24, 2.45) is 0 Å². The molecule has 3 heterocycles. The maximum atomic E-state index is 12.0. The summed E-state index contributed by atoms with van der Waals surface area (Å²) >= 11 is 7.76. The van der Waals surface area contributed by atoms with E-state index in [0.29, 0.717) is 22.2 Å². The molecule has 1 aromatic carbocycles. The first-order valence-corrected chi connectivity index (χ1v) is 8.46. The zero-order valence-corrected chi connectivity index (χ0v) is 14.0. The molecule has 120 valence electrons. The number of aromatic nitrogens is 4. The van der Waals surface area contributed by atoms with E-state index >= 15 is 0 Å². The molecule has 8 heteroatoms. The smallest absolute Gasteiger partial charge is 0.258 e. The van der Waals surface area contributed by atoms with E-state index in [1.54, 1.807) is 17.1 Å². The van der Waals surface area contributed by atoms with Crippen LogP contribution in [0, 0.1) is 0 Å². The van der Waals surface area contributed by atoms with Crippen LogP contribution in [0.2, 0.25) is 5.02 Å². The lowest BCUT2D eigenvalue weighted by atomic mass is 10.2. The highest BCUT2D eigenvalue weighted by Gasteiger charge is 2.06. The molecule has 0 amide bonds. The molecule has 24 heavy (non-hydrogen) atoms. The van der Waals surface area contributed by atoms with Crippen LogP contribution in [0.1, 0.15) is 5.69 Å². The molecule has 4 rings (SSSR count). The van der Waals surface area contributed by atoms with E-state index in [1.807, 2.05) is 35.8 Å². The van der Waals surface area contributed by atoms with Gasteiger partial charge in [0.1, 0.15) is 0 Å². The lowest BCUT2D eigenvalue weighted by molar-refractivity contribution is 0.880. The molecular formula is C16H12ClN5OS. The normalized spacial score (nSPS) is 11.0. The molecule has 1 N–H and O–H groups in total. The number of anilines is 1. The summed E-state index contributed by atoms with van der Waals surface area (Å²) in [5.74, 6) is 0. The van der Waals surface area contributed by atoms with Crippen molar-refractivity contribution in [2.45, 2.75) is 6.54 Å². The Morgan fingerprint density at radius 1 is 1.25 bits per heavy atom. The van der Waals surface area contributed by atoms with Crippen molar-refractivity contribution in [3.05, 3.63) is 75.4 Å². The van der Waals surface area contributed by atoms with Crippen molar-refractivity contribution in [2.75, 3.05) is 5.32 Å². The Balaban J connectivity index is 1.55. The molecule has 4 aromatic rings. The molecule has 0 fully saturated rings. The summed E-state index contributed by atoms with van der Waals surface area (Å²) < 4.78 is 3.24. The van der Waals surface area contributed by atoms with Gasteiger partial charge in [-0.15, -0.1) is 11.3 Å². The second kappa shape index (κ2) is 6.10. The predicted octanol–water partition coefficient (Wildman–Crippen LogP) is 3.21. The summed E-state index contributed by atoms with van der Waals surface area (Å²) in [6.07, 6.45) is 5.26. The number of fused-ring (bicyclic) bond motifs is 1. The fraction of sp³-hybridized carbons (Fsp3) is 0.0625. The monoisotopic (exact) mass is 357 g/mol. The van der Waals surface area contributed by atoms with Gasteiger partial charge < -0.3 is 5.32 Å². The first kappa shape index (κ1) is 14.9. The van der Waals surface area contributed by atoms with Crippen LogP contribution in [0.3, 0.4) is 0 Å². The summed E-state index contributed by atoms with van der Waals surface area (Å²) in [5, 5.41) is 9.84. The second-order valence-corrected chi connectivity index (χ2v) is 6.39. The number of halogens is 1. The molecule has 0 radical (unpaired) electrons. The number of rotatable bonds is 4. The third-order valence-corrected chi connectivity index (χ3v) is 4.59. The molecule has 0 aliphatic heterocycles. The quantitative estimate of drug-likeness (QED) is 0.609. The molecule has 0 aliphatic rings. The minimum atomic E-state index is -0.0786. The molecule has 0 aliphatic carbocycles. The Labute approximate surface area is 146 Å². The number of nitrogens with one attached hydrogen (secondary N) is 1. The van der Waals surface area contributed by atoms with Gasteiger partial charge in [0.25, 0.3) is 5.56 Å². The highest BCUT2D eigenvalue weighted by atomic mass is 35.5. The lowest BCUT2D eigenvalue weighted by Gasteiger charge is -2.09. The Hall–Kier alpha value is -2.64. The summed E-state index contributed by atoms with van der Waals surface area (Å²) in [6, 6.07) is 9.01. The molecule has 0 saturated heterocycles. The van der Waals surface area contributed by atoms with Crippen LogP contribution in [0.5, 0.6) is 0 Å². The zero-order chi connectivity index (χ0) is 16.5. The molecule has 0 saturated carbocycles.